The Balaban J connectivity index is 2.68. The number of aryl methyl sites for hydroxylation is 2. The summed E-state index contributed by atoms with van der Waals surface area (Å²) in [5.41, 5.74) is 2.33. The fourth-order valence-electron chi connectivity index (χ4n) is 1.70. The molecule has 0 aliphatic carbocycles. The van der Waals surface area contributed by atoms with Crippen molar-refractivity contribution in [1.29, 1.82) is 0 Å². The van der Waals surface area contributed by atoms with E-state index in [4.69, 9.17) is 14.9 Å². The van der Waals surface area contributed by atoms with Crippen LogP contribution in [0.2, 0.25) is 0 Å². The highest BCUT2D eigenvalue weighted by Gasteiger charge is 2.09. The van der Waals surface area contributed by atoms with E-state index >= 15 is 0 Å². The zero-order valence-electron chi connectivity index (χ0n) is 9.94. The van der Waals surface area contributed by atoms with Crippen LogP contribution in [0.25, 0.3) is 0 Å². The summed E-state index contributed by atoms with van der Waals surface area (Å²) < 4.78 is 5.27. The zero-order chi connectivity index (χ0) is 12.0. The highest BCUT2D eigenvalue weighted by molar-refractivity contribution is 5.36. The first-order chi connectivity index (χ1) is 7.71. The molecule has 0 atom stereocenters. The van der Waals surface area contributed by atoms with Crippen molar-refractivity contribution in [2.45, 2.75) is 19.8 Å². The molecule has 16 heavy (non-hydrogen) atoms. The molecule has 0 radical (unpaired) electrons. The number of aliphatic hydroxyl groups excluding tert-OH is 2. The van der Waals surface area contributed by atoms with E-state index in [1.807, 2.05) is 19.1 Å². The van der Waals surface area contributed by atoms with Crippen LogP contribution in [0.5, 0.6) is 5.75 Å². The van der Waals surface area contributed by atoms with Gasteiger partial charge in [0.15, 0.2) is 0 Å². The highest BCUT2D eigenvalue weighted by atomic mass is 16.5. The maximum atomic E-state index is 8.99. The third kappa shape index (κ3) is 3.51. The fourth-order valence-corrected chi connectivity index (χ4v) is 1.70. The molecule has 0 spiro atoms. The standard InChI is InChI=1S/C13H20O3/c1-10-3-6-13(16-2)12(7-10)5-4-11(8-14)9-15/h3,6-7,11,14-15H,4-5,8-9H2,1-2H3. The van der Waals surface area contributed by atoms with E-state index in [0.717, 1.165) is 24.2 Å². The summed E-state index contributed by atoms with van der Waals surface area (Å²) in [4.78, 5) is 0. The Morgan fingerprint density at radius 1 is 1.25 bits per heavy atom. The Kier molecular flexibility index (Phi) is 5.29. The molecule has 0 heterocycles. The lowest BCUT2D eigenvalue weighted by molar-refractivity contribution is 0.144. The normalized spacial score (nSPS) is 10.8. The van der Waals surface area contributed by atoms with Crippen LogP contribution in [0.3, 0.4) is 0 Å². The summed E-state index contributed by atoms with van der Waals surface area (Å²) in [6.07, 6.45) is 1.59. The molecule has 0 fully saturated rings. The van der Waals surface area contributed by atoms with Gasteiger partial charge in [-0.1, -0.05) is 17.7 Å². The molecular formula is C13H20O3. The van der Waals surface area contributed by atoms with Crippen LogP contribution in [0, 0.1) is 12.8 Å². The number of methoxy groups -OCH3 is 1. The molecule has 0 aromatic heterocycles. The molecule has 3 nitrogen and oxygen atoms in total. The average Bonchev–Trinajstić information content (AvgIpc) is 2.30. The zero-order valence-corrected chi connectivity index (χ0v) is 9.94. The second-order valence-corrected chi connectivity index (χ2v) is 4.09. The van der Waals surface area contributed by atoms with Gasteiger partial charge in [-0.15, -0.1) is 0 Å². The van der Waals surface area contributed by atoms with Gasteiger partial charge in [-0.05, 0) is 31.4 Å². The van der Waals surface area contributed by atoms with E-state index < -0.39 is 0 Å². The van der Waals surface area contributed by atoms with Gasteiger partial charge in [0.1, 0.15) is 5.75 Å². The van der Waals surface area contributed by atoms with Gasteiger partial charge < -0.3 is 14.9 Å². The van der Waals surface area contributed by atoms with Crippen LogP contribution >= 0.6 is 0 Å². The second kappa shape index (κ2) is 6.51. The first-order valence-corrected chi connectivity index (χ1v) is 5.56. The molecule has 0 aliphatic heterocycles. The van der Waals surface area contributed by atoms with Crippen molar-refractivity contribution in [1.82, 2.24) is 0 Å². The van der Waals surface area contributed by atoms with Crippen molar-refractivity contribution < 1.29 is 14.9 Å². The number of benzene rings is 1. The molecule has 2 N–H and O–H groups in total. The predicted octanol–water partition coefficient (Wildman–Crippen LogP) is 1.54. The third-order valence-corrected chi connectivity index (χ3v) is 2.77. The quantitative estimate of drug-likeness (QED) is 0.770. The van der Waals surface area contributed by atoms with E-state index in [-0.39, 0.29) is 19.1 Å². The van der Waals surface area contributed by atoms with Gasteiger partial charge in [-0.2, -0.15) is 0 Å². The van der Waals surface area contributed by atoms with E-state index in [1.165, 1.54) is 5.56 Å². The Labute approximate surface area is 96.7 Å². The van der Waals surface area contributed by atoms with Gasteiger partial charge in [0.25, 0.3) is 0 Å². The third-order valence-electron chi connectivity index (χ3n) is 2.77. The second-order valence-electron chi connectivity index (χ2n) is 4.09. The predicted molar refractivity (Wildman–Crippen MR) is 63.7 cm³/mol. The van der Waals surface area contributed by atoms with Crippen molar-refractivity contribution in [3.8, 4) is 5.75 Å². The minimum absolute atomic E-state index is 0.0324. The molecule has 1 rings (SSSR count). The summed E-state index contributed by atoms with van der Waals surface area (Å²) >= 11 is 0. The van der Waals surface area contributed by atoms with Gasteiger partial charge in [-0.3, -0.25) is 0 Å². The molecule has 0 amide bonds. The lowest BCUT2D eigenvalue weighted by Crippen LogP contribution is -2.12. The summed E-state index contributed by atoms with van der Waals surface area (Å²) in [5, 5.41) is 18.0. The number of hydrogen-bond acceptors (Lipinski definition) is 3. The van der Waals surface area contributed by atoms with Gasteiger partial charge in [-0.25, -0.2) is 0 Å². The molecule has 0 saturated carbocycles. The topological polar surface area (TPSA) is 49.7 Å². The summed E-state index contributed by atoms with van der Waals surface area (Å²) in [5.74, 6) is 0.838. The number of aliphatic hydroxyl groups is 2. The van der Waals surface area contributed by atoms with E-state index in [9.17, 15) is 0 Å². The summed E-state index contributed by atoms with van der Waals surface area (Å²) in [6, 6.07) is 6.06. The van der Waals surface area contributed by atoms with Gasteiger partial charge >= 0.3 is 0 Å². The minimum atomic E-state index is -0.0368. The monoisotopic (exact) mass is 224 g/mol. The Bertz CT molecular complexity index is 319. The molecule has 0 saturated heterocycles. The SMILES string of the molecule is COc1ccc(C)cc1CCC(CO)CO. The van der Waals surface area contributed by atoms with Crippen LogP contribution in [0.4, 0.5) is 0 Å². The fraction of sp³-hybridized carbons (Fsp3) is 0.538. The number of rotatable bonds is 6. The molecule has 90 valence electrons. The molecular weight excluding hydrogens is 204 g/mol. The van der Waals surface area contributed by atoms with Crippen LogP contribution in [-0.2, 0) is 6.42 Å². The van der Waals surface area contributed by atoms with Crippen molar-refractivity contribution in [3.05, 3.63) is 29.3 Å². The molecule has 1 aromatic carbocycles. The van der Waals surface area contributed by atoms with Gasteiger partial charge in [0.05, 0.1) is 7.11 Å². The molecule has 0 bridgehead atoms. The lowest BCUT2D eigenvalue weighted by atomic mass is 9.99. The van der Waals surface area contributed by atoms with E-state index in [0.29, 0.717) is 0 Å². The van der Waals surface area contributed by atoms with Gasteiger partial charge in [0.2, 0.25) is 0 Å². The highest BCUT2D eigenvalue weighted by Crippen LogP contribution is 2.22. The van der Waals surface area contributed by atoms with Crippen LogP contribution < -0.4 is 4.74 Å². The Hall–Kier alpha value is -1.06. The lowest BCUT2D eigenvalue weighted by Gasteiger charge is -2.13. The minimum Gasteiger partial charge on any atom is -0.496 e. The van der Waals surface area contributed by atoms with Crippen molar-refractivity contribution in [2.24, 2.45) is 5.92 Å². The van der Waals surface area contributed by atoms with Crippen molar-refractivity contribution in [3.63, 3.8) is 0 Å². The Morgan fingerprint density at radius 3 is 2.50 bits per heavy atom. The van der Waals surface area contributed by atoms with E-state index in [1.54, 1.807) is 7.11 Å². The van der Waals surface area contributed by atoms with Crippen LogP contribution in [-0.4, -0.2) is 30.5 Å². The Morgan fingerprint density at radius 2 is 1.94 bits per heavy atom. The molecule has 0 aliphatic rings. The molecule has 0 unspecified atom stereocenters. The maximum Gasteiger partial charge on any atom is 0.122 e. The van der Waals surface area contributed by atoms with Gasteiger partial charge in [0, 0.05) is 19.1 Å². The number of hydrogen-bond donors (Lipinski definition) is 2. The van der Waals surface area contributed by atoms with Crippen molar-refractivity contribution in [2.75, 3.05) is 20.3 Å². The number of ether oxygens (including phenoxy) is 1. The van der Waals surface area contributed by atoms with Crippen LogP contribution in [0.15, 0.2) is 18.2 Å². The summed E-state index contributed by atoms with van der Waals surface area (Å²) in [6.45, 7) is 2.10. The average molecular weight is 224 g/mol. The maximum absolute atomic E-state index is 8.99. The first-order valence-electron chi connectivity index (χ1n) is 5.56. The molecule has 1 aromatic rings. The largest absolute Gasteiger partial charge is 0.496 e. The first kappa shape index (κ1) is 13.0. The summed E-state index contributed by atoms with van der Waals surface area (Å²) in [7, 11) is 1.66. The van der Waals surface area contributed by atoms with Crippen molar-refractivity contribution >= 4 is 0 Å². The van der Waals surface area contributed by atoms with E-state index in [2.05, 4.69) is 6.07 Å². The van der Waals surface area contributed by atoms with Crippen LogP contribution in [0.1, 0.15) is 17.5 Å². The smallest absolute Gasteiger partial charge is 0.122 e. The molecule has 3 heteroatoms.